The van der Waals surface area contributed by atoms with Crippen molar-refractivity contribution >= 4 is 5.69 Å². The summed E-state index contributed by atoms with van der Waals surface area (Å²) in [6.45, 7) is 6.69. The van der Waals surface area contributed by atoms with E-state index in [1.807, 2.05) is 0 Å². The van der Waals surface area contributed by atoms with Crippen LogP contribution in [0.2, 0.25) is 0 Å². The quantitative estimate of drug-likeness (QED) is 0.732. The van der Waals surface area contributed by atoms with Gasteiger partial charge in [-0.1, -0.05) is 38.8 Å². The average molecular weight is 205 g/mol. The van der Waals surface area contributed by atoms with E-state index in [1.165, 1.54) is 30.5 Å². The summed E-state index contributed by atoms with van der Waals surface area (Å²) in [5.41, 5.74) is 2.67. The van der Waals surface area contributed by atoms with Gasteiger partial charge in [-0.25, -0.2) is 0 Å². The zero-order valence-electron chi connectivity index (χ0n) is 10.2. The lowest BCUT2D eigenvalue weighted by Crippen LogP contribution is -2.14. The van der Waals surface area contributed by atoms with Crippen molar-refractivity contribution < 1.29 is 0 Å². The highest BCUT2D eigenvalue weighted by Crippen LogP contribution is 2.14. The van der Waals surface area contributed by atoms with Gasteiger partial charge in [0.05, 0.1) is 0 Å². The molecule has 1 unspecified atom stereocenters. The Hall–Kier alpha value is -0.980. The molecule has 0 aliphatic carbocycles. The summed E-state index contributed by atoms with van der Waals surface area (Å²) in [6.07, 6.45) is 4.95. The third-order valence-corrected chi connectivity index (χ3v) is 2.74. The Kier molecular flexibility index (Phi) is 5.23. The fourth-order valence-electron chi connectivity index (χ4n) is 1.75. The van der Waals surface area contributed by atoms with Gasteiger partial charge in [0.2, 0.25) is 0 Å². The fraction of sp³-hybridized carbons (Fsp3) is 0.571. The number of hydrogen-bond donors (Lipinski definition) is 1. The van der Waals surface area contributed by atoms with Crippen LogP contribution in [0.3, 0.4) is 0 Å². The molecule has 1 nitrogen and oxygen atoms in total. The van der Waals surface area contributed by atoms with E-state index in [0.29, 0.717) is 6.04 Å². The Morgan fingerprint density at radius 1 is 1.27 bits per heavy atom. The van der Waals surface area contributed by atoms with Crippen molar-refractivity contribution in [2.75, 3.05) is 5.32 Å². The summed E-state index contributed by atoms with van der Waals surface area (Å²) in [5, 5.41) is 3.55. The molecule has 0 heterocycles. The van der Waals surface area contributed by atoms with Gasteiger partial charge in [-0.15, -0.1) is 0 Å². The minimum Gasteiger partial charge on any atom is -0.383 e. The van der Waals surface area contributed by atoms with E-state index in [2.05, 4.69) is 50.4 Å². The fourth-order valence-corrected chi connectivity index (χ4v) is 1.75. The molecule has 1 aromatic rings. The van der Waals surface area contributed by atoms with Crippen molar-refractivity contribution in [2.24, 2.45) is 0 Å². The van der Waals surface area contributed by atoms with E-state index in [0.717, 1.165) is 6.42 Å². The first-order valence-electron chi connectivity index (χ1n) is 6.11. The summed E-state index contributed by atoms with van der Waals surface area (Å²) >= 11 is 0. The topological polar surface area (TPSA) is 12.0 Å². The van der Waals surface area contributed by atoms with Gasteiger partial charge in [0.25, 0.3) is 0 Å². The SMILES string of the molecule is CCCCC(C)Nc1cccc(CC)c1. The molecule has 1 rings (SSSR count). The van der Waals surface area contributed by atoms with Gasteiger partial charge in [-0.2, -0.15) is 0 Å². The molecule has 0 fully saturated rings. The molecule has 0 saturated heterocycles. The summed E-state index contributed by atoms with van der Waals surface area (Å²) in [4.78, 5) is 0. The number of hydrogen-bond acceptors (Lipinski definition) is 1. The number of aryl methyl sites for hydroxylation is 1. The van der Waals surface area contributed by atoms with Gasteiger partial charge >= 0.3 is 0 Å². The molecule has 1 atom stereocenters. The van der Waals surface area contributed by atoms with E-state index in [1.54, 1.807) is 0 Å². The second-order valence-electron chi connectivity index (χ2n) is 4.24. The second kappa shape index (κ2) is 6.49. The van der Waals surface area contributed by atoms with Crippen molar-refractivity contribution in [1.82, 2.24) is 0 Å². The first-order valence-corrected chi connectivity index (χ1v) is 6.11. The number of anilines is 1. The summed E-state index contributed by atoms with van der Waals surface area (Å²) in [5.74, 6) is 0. The second-order valence-corrected chi connectivity index (χ2v) is 4.24. The number of unbranched alkanes of at least 4 members (excludes halogenated alkanes) is 1. The maximum atomic E-state index is 3.55. The van der Waals surface area contributed by atoms with Crippen LogP contribution in [-0.2, 0) is 6.42 Å². The van der Waals surface area contributed by atoms with Crippen LogP contribution in [0.4, 0.5) is 5.69 Å². The monoisotopic (exact) mass is 205 g/mol. The minimum atomic E-state index is 0.581. The normalized spacial score (nSPS) is 12.5. The highest BCUT2D eigenvalue weighted by Gasteiger charge is 2.01. The third-order valence-electron chi connectivity index (χ3n) is 2.74. The third kappa shape index (κ3) is 4.37. The smallest absolute Gasteiger partial charge is 0.0344 e. The summed E-state index contributed by atoms with van der Waals surface area (Å²) in [6, 6.07) is 9.30. The Labute approximate surface area is 93.9 Å². The molecular formula is C14H23N. The first-order chi connectivity index (χ1) is 7.26. The Balaban J connectivity index is 2.48. The van der Waals surface area contributed by atoms with E-state index in [4.69, 9.17) is 0 Å². The maximum Gasteiger partial charge on any atom is 0.0344 e. The molecule has 0 amide bonds. The van der Waals surface area contributed by atoms with Crippen LogP contribution in [0.15, 0.2) is 24.3 Å². The number of benzene rings is 1. The molecule has 0 aliphatic rings. The van der Waals surface area contributed by atoms with Crippen LogP contribution < -0.4 is 5.32 Å². The zero-order valence-corrected chi connectivity index (χ0v) is 10.2. The Morgan fingerprint density at radius 3 is 2.73 bits per heavy atom. The summed E-state index contributed by atoms with van der Waals surface area (Å²) < 4.78 is 0. The molecular weight excluding hydrogens is 182 g/mol. The van der Waals surface area contributed by atoms with E-state index >= 15 is 0 Å². The predicted molar refractivity (Wildman–Crippen MR) is 68.4 cm³/mol. The molecule has 1 heteroatoms. The Morgan fingerprint density at radius 2 is 2.07 bits per heavy atom. The van der Waals surface area contributed by atoms with Crippen LogP contribution in [0, 0.1) is 0 Å². The van der Waals surface area contributed by atoms with Crippen LogP contribution in [-0.4, -0.2) is 6.04 Å². The highest BCUT2D eigenvalue weighted by atomic mass is 14.9. The Bertz CT molecular complexity index is 280. The number of rotatable bonds is 6. The van der Waals surface area contributed by atoms with Crippen molar-refractivity contribution in [1.29, 1.82) is 0 Å². The van der Waals surface area contributed by atoms with E-state index in [9.17, 15) is 0 Å². The standard InChI is InChI=1S/C14H23N/c1-4-6-8-12(3)15-14-10-7-9-13(5-2)11-14/h7,9-12,15H,4-6,8H2,1-3H3. The molecule has 84 valence electrons. The zero-order chi connectivity index (χ0) is 11.1. The van der Waals surface area contributed by atoms with Crippen LogP contribution in [0.1, 0.15) is 45.6 Å². The molecule has 0 radical (unpaired) electrons. The van der Waals surface area contributed by atoms with Crippen molar-refractivity contribution in [3.63, 3.8) is 0 Å². The van der Waals surface area contributed by atoms with Gasteiger partial charge in [0.1, 0.15) is 0 Å². The van der Waals surface area contributed by atoms with Crippen molar-refractivity contribution in [2.45, 2.75) is 52.5 Å². The molecule has 1 aromatic carbocycles. The van der Waals surface area contributed by atoms with Gasteiger partial charge in [-0.05, 0) is 37.5 Å². The molecule has 0 bridgehead atoms. The predicted octanol–water partition coefficient (Wildman–Crippen LogP) is 4.24. The minimum absolute atomic E-state index is 0.581. The molecule has 1 N–H and O–H groups in total. The number of nitrogens with one attached hydrogen (secondary N) is 1. The van der Waals surface area contributed by atoms with E-state index in [-0.39, 0.29) is 0 Å². The lowest BCUT2D eigenvalue weighted by Gasteiger charge is -2.15. The molecule has 0 aromatic heterocycles. The first kappa shape index (κ1) is 12.1. The van der Waals surface area contributed by atoms with Gasteiger partial charge < -0.3 is 5.32 Å². The largest absolute Gasteiger partial charge is 0.383 e. The van der Waals surface area contributed by atoms with Gasteiger partial charge in [0.15, 0.2) is 0 Å². The van der Waals surface area contributed by atoms with Crippen LogP contribution >= 0.6 is 0 Å². The lowest BCUT2D eigenvalue weighted by atomic mass is 10.1. The van der Waals surface area contributed by atoms with Gasteiger partial charge in [-0.3, -0.25) is 0 Å². The molecule has 0 saturated carbocycles. The average Bonchev–Trinajstić information content (AvgIpc) is 2.26. The lowest BCUT2D eigenvalue weighted by molar-refractivity contribution is 0.645. The van der Waals surface area contributed by atoms with Gasteiger partial charge in [0, 0.05) is 11.7 Å². The van der Waals surface area contributed by atoms with Crippen LogP contribution in [0.25, 0.3) is 0 Å². The highest BCUT2D eigenvalue weighted by molar-refractivity contribution is 5.46. The van der Waals surface area contributed by atoms with E-state index < -0.39 is 0 Å². The molecule has 0 spiro atoms. The van der Waals surface area contributed by atoms with Crippen LogP contribution in [0.5, 0.6) is 0 Å². The van der Waals surface area contributed by atoms with Crippen molar-refractivity contribution in [3.8, 4) is 0 Å². The molecule has 0 aliphatic heterocycles. The summed E-state index contributed by atoms with van der Waals surface area (Å²) in [7, 11) is 0. The molecule has 15 heavy (non-hydrogen) atoms. The van der Waals surface area contributed by atoms with Crippen molar-refractivity contribution in [3.05, 3.63) is 29.8 Å². The maximum absolute atomic E-state index is 3.55.